The van der Waals surface area contributed by atoms with E-state index in [9.17, 15) is 18.4 Å². The van der Waals surface area contributed by atoms with E-state index in [0.29, 0.717) is 38.3 Å². The van der Waals surface area contributed by atoms with E-state index in [2.05, 4.69) is 5.10 Å². The first kappa shape index (κ1) is 22.4. The van der Waals surface area contributed by atoms with E-state index in [1.54, 1.807) is 44.9 Å². The van der Waals surface area contributed by atoms with Gasteiger partial charge in [0.2, 0.25) is 11.8 Å². The third kappa shape index (κ3) is 5.54. The minimum Gasteiger partial charge on any atom is -0.471 e. The van der Waals surface area contributed by atoms with E-state index in [1.165, 1.54) is 31.2 Å². The highest BCUT2D eigenvalue weighted by Crippen LogP contribution is 2.22. The Morgan fingerprint density at radius 1 is 0.879 bits per heavy atom. The van der Waals surface area contributed by atoms with Crippen molar-refractivity contribution in [1.82, 2.24) is 19.6 Å². The number of rotatable bonds is 6. The molecular formula is C24H24F2N4O3. The highest BCUT2D eigenvalue weighted by molar-refractivity contribution is 5.96. The van der Waals surface area contributed by atoms with Crippen LogP contribution < -0.4 is 4.74 Å². The van der Waals surface area contributed by atoms with E-state index in [4.69, 9.17) is 4.74 Å². The lowest BCUT2D eigenvalue weighted by molar-refractivity contribution is -0.130. The Morgan fingerprint density at radius 2 is 1.42 bits per heavy atom. The summed E-state index contributed by atoms with van der Waals surface area (Å²) in [6.07, 6.45) is 1.61. The largest absolute Gasteiger partial charge is 0.471 e. The van der Waals surface area contributed by atoms with Crippen molar-refractivity contribution in [1.29, 1.82) is 0 Å². The van der Waals surface area contributed by atoms with Gasteiger partial charge in [0.1, 0.15) is 23.8 Å². The van der Waals surface area contributed by atoms with Crippen molar-refractivity contribution in [2.45, 2.75) is 20.1 Å². The van der Waals surface area contributed by atoms with Crippen molar-refractivity contribution in [3.05, 3.63) is 83.1 Å². The van der Waals surface area contributed by atoms with Crippen molar-refractivity contribution in [3.63, 3.8) is 0 Å². The van der Waals surface area contributed by atoms with Crippen molar-refractivity contribution in [3.8, 4) is 5.88 Å². The van der Waals surface area contributed by atoms with Gasteiger partial charge in [0, 0.05) is 39.3 Å². The number of carbonyl (C=O) groups is 2. The number of ether oxygens (including phenoxy) is 1. The molecule has 0 saturated carbocycles. The second kappa shape index (κ2) is 9.81. The van der Waals surface area contributed by atoms with Gasteiger partial charge >= 0.3 is 0 Å². The summed E-state index contributed by atoms with van der Waals surface area (Å²) in [4.78, 5) is 28.2. The molecule has 1 aliphatic rings. The summed E-state index contributed by atoms with van der Waals surface area (Å²) in [5, 5.41) is 4.43. The van der Waals surface area contributed by atoms with Gasteiger partial charge in [0.25, 0.3) is 5.91 Å². The van der Waals surface area contributed by atoms with Gasteiger partial charge in [-0.1, -0.05) is 24.3 Å². The summed E-state index contributed by atoms with van der Waals surface area (Å²) in [7, 11) is 0. The summed E-state index contributed by atoms with van der Waals surface area (Å²) >= 11 is 0. The molecule has 172 valence electrons. The number of amides is 2. The third-order valence-electron chi connectivity index (χ3n) is 5.52. The molecule has 0 aliphatic carbocycles. The molecule has 0 unspecified atom stereocenters. The minimum atomic E-state index is -0.345. The number of benzene rings is 2. The molecule has 33 heavy (non-hydrogen) atoms. The topological polar surface area (TPSA) is 67.7 Å². The molecule has 1 aromatic heterocycles. The van der Waals surface area contributed by atoms with Crippen LogP contribution in [-0.4, -0.2) is 57.6 Å². The molecule has 3 aromatic rings. The van der Waals surface area contributed by atoms with Crippen LogP contribution in [0.4, 0.5) is 8.78 Å². The lowest BCUT2D eigenvalue weighted by atomic mass is 10.2. The fourth-order valence-electron chi connectivity index (χ4n) is 3.64. The first-order chi connectivity index (χ1) is 15.9. The summed E-state index contributed by atoms with van der Waals surface area (Å²) in [6, 6.07) is 11.9. The Morgan fingerprint density at radius 3 is 2.00 bits per heavy atom. The van der Waals surface area contributed by atoms with Crippen LogP contribution in [0, 0.1) is 11.6 Å². The highest BCUT2D eigenvalue weighted by atomic mass is 19.1. The molecule has 7 nitrogen and oxygen atoms in total. The van der Waals surface area contributed by atoms with Crippen LogP contribution in [0.25, 0.3) is 0 Å². The normalized spacial score (nSPS) is 13.8. The van der Waals surface area contributed by atoms with Crippen LogP contribution in [0.2, 0.25) is 0 Å². The van der Waals surface area contributed by atoms with Crippen LogP contribution in [0.1, 0.15) is 28.4 Å². The number of carbonyl (C=O) groups excluding carboxylic acids is 2. The fraction of sp³-hybridized carbons (Fsp3) is 0.292. The average Bonchev–Trinajstić information content (AvgIpc) is 3.22. The Hall–Kier alpha value is -3.75. The van der Waals surface area contributed by atoms with Crippen LogP contribution in [0.5, 0.6) is 5.88 Å². The SMILES string of the molecule is CC(=O)N1CCN(C(=O)c2cn(Cc3ccc(F)cc3)nc2OCc2ccc(F)cc2)CC1. The summed E-state index contributed by atoms with van der Waals surface area (Å²) < 4.78 is 33.8. The Labute approximate surface area is 190 Å². The molecule has 0 bridgehead atoms. The van der Waals surface area contributed by atoms with E-state index >= 15 is 0 Å². The first-order valence-corrected chi connectivity index (χ1v) is 10.6. The van der Waals surface area contributed by atoms with Gasteiger partial charge < -0.3 is 14.5 Å². The molecule has 2 amide bonds. The quantitative estimate of drug-likeness (QED) is 0.574. The third-order valence-corrected chi connectivity index (χ3v) is 5.52. The summed E-state index contributed by atoms with van der Waals surface area (Å²) in [5.74, 6) is -0.762. The number of hydrogen-bond acceptors (Lipinski definition) is 4. The van der Waals surface area contributed by atoms with Crippen molar-refractivity contribution < 1.29 is 23.1 Å². The van der Waals surface area contributed by atoms with Gasteiger partial charge in [-0.25, -0.2) is 8.78 Å². The maximum Gasteiger partial charge on any atom is 0.261 e. The minimum absolute atomic E-state index is 0.0162. The van der Waals surface area contributed by atoms with Crippen molar-refractivity contribution >= 4 is 11.8 Å². The zero-order valence-electron chi connectivity index (χ0n) is 18.2. The van der Waals surface area contributed by atoms with Gasteiger partial charge in [-0.3, -0.25) is 14.3 Å². The number of aromatic nitrogens is 2. The van der Waals surface area contributed by atoms with E-state index < -0.39 is 0 Å². The number of halogens is 2. The smallest absolute Gasteiger partial charge is 0.261 e. The zero-order valence-corrected chi connectivity index (χ0v) is 18.2. The van der Waals surface area contributed by atoms with Gasteiger partial charge in [-0.2, -0.15) is 0 Å². The van der Waals surface area contributed by atoms with E-state index in [0.717, 1.165) is 11.1 Å². The molecule has 0 N–H and O–H groups in total. The Kier molecular flexibility index (Phi) is 6.67. The molecule has 0 radical (unpaired) electrons. The first-order valence-electron chi connectivity index (χ1n) is 10.6. The summed E-state index contributed by atoms with van der Waals surface area (Å²) in [6.45, 7) is 3.73. The zero-order chi connectivity index (χ0) is 23.4. The second-order valence-electron chi connectivity index (χ2n) is 7.89. The van der Waals surface area contributed by atoms with Gasteiger partial charge in [0.15, 0.2) is 0 Å². The van der Waals surface area contributed by atoms with E-state index in [1.807, 2.05) is 0 Å². The summed E-state index contributed by atoms with van der Waals surface area (Å²) in [5.41, 5.74) is 1.85. The molecular weight excluding hydrogens is 430 g/mol. The molecule has 1 saturated heterocycles. The maximum atomic E-state index is 13.3. The molecule has 1 aliphatic heterocycles. The van der Waals surface area contributed by atoms with E-state index in [-0.39, 0.29) is 35.9 Å². The van der Waals surface area contributed by atoms with Gasteiger partial charge in [-0.15, -0.1) is 5.10 Å². The molecule has 9 heteroatoms. The number of hydrogen-bond donors (Lipinski definition) is 0. The predicted octanol–water partition coefficient (Wildman–Crippen LogP) is 3.09. The van der Waals surface area contributed by atoms with Crippen LogP contribution in [0.3, 0.4) is 0 Å². The molecule has 1 fully saturated rings. The molecule has 2 aromatic carbocycles. The van der Waals surface area contributed by atoms with Crippen molar-refractivity contribution in [2.24, 2.45) is 0 Å². The number of piperazine rings is 1. The Balaban J connectivity index is 1.54. The standard InChI is InChI=1S/C24H24F2N4O3/c1-17(31)28-10-12-29(13-11-28)24(32)22-15-30(14-18-2-6-20(25)7-3-18)27-23(22)33-16-19-4-8-21(26)9-5-19/h2-9,15H,10-14,16H2,1H3. The maximum absolute atomic E-state index is 13.3. The van der Waals surface area contributed by atoms with Gasteiger partial charge in [0.05, 0.1) is 6.54 Å². The molecule has 0 atom stereocenters. The Bertz CT molecular complexity index is 1120. The molecule has 2 heterocycles. The van der Waals surface area contributed by atoms with Crippen LogP contribution >= 0.6 is 0 Å². The predicted molar refractivity (Wildman–Crippen MR) is 117 cm³/mol. The van der Waals surface area contributed by atoms with Crippen molar-refractivity contribution in [2.75, 3.05) is 26.2 Å². The van der Waals surface area contributed by atoms with Gasteiger partial charge in [-0.05, 0) is 35.4 Å². The monoisotopic (exact) mass is 454 g/mol. The fourth-order valence-corrected chi connectivity index (χ4v) is 3.64. The average molecular weight is 454 g/mol. The number of nitrogens with zero attached hydrogens (tertiary/aromatic N) is 4. The molecule has 4 rings (SSSR count). The second-order valence-corrected chi connectivity index (χ2v) is 7.89. The molecule has 0 spiro atoms. The van der Waals surface area contributed by atoms with Crippen LogP contribution in [0.15, 0.2) is 54.7 Å². The van der Waals surface area contributed by atoms with Crippen LogP contribution in [-0.2, 0) is 17.9 Å². The lowest BCUT2D eigenvalue weighted by Gasteiger charge is -2.34. The highest BCUT2D eigenvalue weighted by Gasteiger charge is 2.27. The lowest BCUT2D eigenvalue weighted by Crippen LogP contribution is -2.50.